The molecule has 0 unspecified atom stereocenters. The van der Waals surface area contributed by atoms with Crippen molar-refractivity contribution in [3.8, 4) is 0 Å². The molecule has 0 atom stereocenters. The zero-order valence-corrected chi connectivity index (χ0v) is 14.6. The van der Waals surface area contributed by atoms with Gasteiger partial charge in [-0.05, 0) is 42.7 Å². The van der Waals surface area contributed by atoms with E-state index in [0.717, 1.165) is 23.2 Å². The topological polar surface area (TPSA) is 71.8 Å². The van der Waals surface area contributed by atoms with Gasteiger partial charge in [-0.15, -0.1) is 0 Å². The van der Waals surface area contributed by atoms with Crippen LogP contribution in [0.2, 0.25) is 5.02 Å². The molecule has 1 aliphatic rings. The van der Waals surface area contributed by atoms with E-state index in [1.165, 1.54) is 0 Å². The van der Waals surface area contributed by atoms with E-state index in [-0.39, 0.29) is 12.2 Å². The molecule has 25 heavy (non-hydrogen) atoms. The molecule has 0 saturated carbocycles. The van der Waals surface area contributed by atoms with Crippen molar-refractivity contribution in [1.29, 1.82) is 0 Å². The van der Waals surface area contributed by atoms with E-state index in [2.05, 4.69) is 0 Å². The van der Waals surface area contributed by atoms with E-state index in [1.54, 1.807) is 23.2 Å². The van der Waals surface area contributed by atoms with Crippen LogP contribution in [0.5, 0.6) is 0 Å². The van der Waals surface area contributed by atoms with Gasteiger partial charge in [0, 0.05) is 30.0 Å². The molecule has 1 aromatic carbocycles. The molecular weight excluding hydrogens is 344 g/mol. The normalized spacial score (nSPS) is 13.9. The van der Waals surface area contributed by atoms with Gasteiger partial charge in [-0.3, -0.25) is 0 Å². The summed E-state index contributed by atoms with van der Waals surface area (Å²) in [5, 5.41) is 9.72. The predicted molar refractivity (Wildman–Crippen MR) is 92.8 cm³/mol. The minimum Gasteiger partial charge on any atom is -0.478 e. The second-order valence-corrected chi connectivity index (χ2v) is 6.62. The van der Waals surface area contributed by atoms with Gasteiger partial charge in [-0.25, -0.2) is 9.59 Å². The summed E-state index contributed by atoms with van der Waals surface area (Å²) < 4.78 is 7.29. The first-order chi connectivity index (χ1) is 11.9. The third-order valence-electron chi connectivity index (χ3n) is 4.14. The number of amides is 1. The fourth-order valence-corrected chi connectivity index (χ4v) is 3.32. The fraction of sp³-hybridized carbons (Fsp3) is 0.333. The highest BCUT2D eigenvalue weighted by Crippen LogP contribution is 2.19. The van der Waals surface area contributed by atoms with Crippen LogP contribution in [-0.4, -0.2) is 33.2 Å². The Morgan fingerprint density at radius 3 is 2.76 bits per heavy atom. The Balaban J connectivity index is 1.66. The number of fused-ring (bicyclic) bond motifs is 1. The van der Waals surface area contributed by atoms with Gasteiger partial charge in [0.2, 0.25) is 0 Å². The minimum absolute atomic E-state index is 0.151. The Kier molecular flexibility index (Phi) is 4.99. The second-order valence-electron chi connectivity index (χ2n) is 6.19. The Labute approximate surface area is 150 Å². The lowest BCUT2D eigenvalue weighted by molar-refractivity contribution is 0.0696. The zero-order chi connectivity index (χ0) is 18.0. The molecule has 1 N–H and O–H groups in total. The van der Waals surface area contributed by atoms with Gasteiger partial charge >= 0.3 is 12.1 Å². The molecule has 0 radical (unpaired) electrons. The summed E-state index contributed by atoms with van der Waals surface area (Å²) >= 11 is 6.02. The minimum atomic E-state index is -0.967. The number of halogens is 1. The van der Waals surface area contributed by atoms with Crippen molar-refractivity contribution >= 4 is 23.7 Å². The van der Waals surface area contributed by atoms with Crippen LogP contribution in [0.3, 0.4) is 0 Å². The molecule has 0 fully saturated rings. The third kappa shape index (κ3) is 4.14. The molecular formula is C18H19ClN2O4. The molecule has 1 amide bonds. The van der Waals surface area contributed by atoms with Crippen LogP contribution in [0.4, 0.5) is 4.79 Å². The SMILES string of the molecule is Cc1cc(Cl)cc(COC(=O)N2CCCn3cc(C(=O)O)cc3C2)c1. The lowest BCUT2D eigenvalue weighted by atomic mass is 10.1. The monoisotopic (exact) mass is 362 g/mol. The first kappa shape index (κ1) is 17.4. The van der Waals surface area contributed by atoms with Crippen LogP contribution in [0.15, 0.2) is 30.5 Å². The van der Waals surface area contributed by atoms with Crippen LogP contribution in [-0.2, 0) is 24.4 Å². The second kappa shape index (κ2) is 7.19. The van der Waals surface area contributed by atoms with Gasteiger partial charge in [0.15, 0.2) is 0 Å². The highest BCUT2D eigenvalue weighted by atomic mass is 35.5. The summed E-state index contributed by atoms with van der Waals surface area (Å²) in [6, 6.07) is 7.14. The van der Waals surface area contributed by atoms with E-state index < -0.39 is 12.1 Å². The number of hydrogen-bond acceptors (Lipinski definition) is 3. The van der Waals surface area contributed by atoms with Crippen LogP contribution in [0.25, 0.3) is 0 Å². The van der Waals surface area contributed by atoms with Crippen molar-refractivity contribution in [2.24, 2.45) is 0 Å². The number of benzene rings is 1. The van der Waals surface area contributed by atoms with Crippen LogP contribution >= 0.6 is 11.6 Å². The number of aromatic carboxylic acids is 1. The number of carboxylic acids is 1. The van der Waals surface area contributed by atoms with Crippen molar-refractivity contribution in [1.82, 2.24) is 9.47 Å². The van der Waals surface area contributed by atoms with Gasteiger partial charge in [-0.2, -0.15) is 0 Å². The number of hydrogen-bond donors (Lipinski definition) is 1. The molecule has 7 heteroatoms. The first-order valence-corrected chi connectivity index (χ1v) is 8.40. The quantitative estimate of drug-likeness (QED) is 0.903. The van der Waals surface area contributed by atoms with Crippen LogP contribution < -0.4 is 0 Å². The number of rotatable bonds is 3. The molecule has 132 valence electrons. The number of carboxylic acid groups (broad SMARTS) is 1. The molecule has 1 aromatic heterocycles. The number of carbonyl (C=O) groups is 2. The average Bonchev–Trinajstić information content (AvgIpc) is 2.84. The largest absolute Gasteiger partial charge is 0.478 e. The van der Waals surface area contributed by atoms with Crippen molar-refractivity contribution in [2.75, 3.05) is 6.54 Å². The maximum atomic E-state index is 12.4. The Hall–Kier alpha value is -2.47. The van der Waals surface area contributed by atoms with Gasteiger partial charge < -0.3 is 19.3 Å². The Bertz CT molecular complexity index is 795. The van der Waals surface area contributed by atoms with Crippen molar-refractivity contribution in [2.45, 2.75) is 33.0 Å². The molecule has 3 rings (SSSR count). The summed E-state index contributed by atoms with van der Waals surface area (Å²) in [4.78, 5) is 25.1. The standard InChI is InChI=1S/C18H19ClN2O4/c1-12-5-13(7-15(19)6-12)11-25-18(24)21-4-2-3-20-9-14(17(22)23)8-16(20)10-21/h5-9H,2-4,10-11H2,1H3,(H,22,23). The maximum Gasteiger partial charge on any atom is 0.410 e. The lowest BCUT2D eigenvalue weighted by Crippen LogP contribution is -2.31. The van der Waals surface area contributed by atoms with Crippen molar-refractivity contribution < 1.29 is 19.4 Å². The summed E-state index contributed by atoms with van der Waals surface area (Å²) in [7, 11) is 0. The van der Waals surface area contributed by atoms with Gasteiger partial charge in [-0.1, -0.05) is 17.7 Å². The summed E-state index contributed by atoms with van der Waals surface area (Å²) in [6.07, 6.45) is 1.94. The fourth-order valence-electron chi connectivity index (χ4n) is 3.01. The van der Waals surface area contributed by atoms with E-state index in [4.69, 9.17) is 21.4 Å². The smallest absolute Gasteiger partial charge is 0.410 e. The molecule has 0 saturated heterocycles. The zero-order valence-electron chi connectivity index (χ0n) is 13.9. The Morgan fingerprint density at radius 1 is 1.24 bits per heavy atom. The molecule has 0 spiro atoms. The third-order valence-corrected chi connectivity index (χ3v) is 4.35. The Morgan fingerprint density at radius 2 is 2.04 bits per heavy atom. The highest BCUT2D eigenvalue weighted by molar-refractivity contribution is 6.30. The van der Waals surface area contributed by atoms with Gasteiger partial charge in [0.05, 0.1) is 12.1 Å². The predicted octanol–water partition coefficient (Wildman–Crippen LogP) is 3.69. The molecule has 0 aliphatic carbocycles. The number of carbonyl (C=O) groups excluding carboxylic acids is 1. The highest BCUT2D eigenvalue weighted by Gasteiger charge is 2.22. The molecule has 2 heterocycles. The number of aromatic nitrogens is 1. The van der Waals surface area contributed by atoms with E-state index in [1.807, 2.05) is 23.6 Å². The van der Waals surface area contributed by atoms with E-state index >= 15 is 0 Å². The van der Waals surface area contributed by atoms with Gasteiger partial charge in [0.25, 0.3) is 0 Å². The molecule has 6 nitrogen and oxygen atoms in total. The number of aryl methyl sites for hydroxylation is 2. The first-order valence-electron chi connectivity index (χ1n) is 8.02. The van der Waals surface area contributed by atoms with E-state index in [0.29, 0.717) is 24.7 Å². The van der Waals surface area contributed by atoms with E-state index in [9.17, 15) is 9.59 Å². The van der Waals surface area contributed by atoms with Crippen LogP contribution in [0.1, 0.15) is 33.6 Å². The molecule has 1 aliphatic heterocycles. The summed E-state index contributed by atoms with van der Waals surface area (Å²) in [5.74, 6) is -0.967. The summed E-state index contributed by atoms with van der Waals surface area (Å²) in [5.41, 5.74) is 2.88. The number of ether oxygens (including phenoxy) is 1. The maximum absolute atomic E-state index is 12.4. The van der Waals surface area contributed by atoms with Crippen LogP contribution in [0, 0.1) is 6.92 Å². The average molecular weight is 363 g/mol. The van der Waals surface area contributed by atoms with Crippen molar-refractivity contribution in [3.63, 3.8) is 0 Å². The van der Waals surface area contributed by atoms with Crippen molar-refractivity contribution in [3.05, 3.63) is 57.9 Å². The molecule has 2 aromatic rings. The number of nitrogens with zero attached hydrogens (tertiary/aromatic N) is 2. The lowest BCUT2D eigenvalue weighted by Gasteiger charge is -2.19. The molecule has 0 bridgehead atoms. The van der Waals surface area contributed by atoms with Gasteiger partial charge in [0.1, 0.15) is 6.61 Å². The summed E-state index contributed by atoms with van der Waals surface area (Å²) in [6.45, 7) is 3.66.